The van der Waals surface area contributed by atoms with Crippen LogP contribution in [0.1, 0.15) is 29.5 Å². The van der Waals surface area contributed by atoms with Crippen LogP contribution in [0.15, 0.2) is 35.0 Å². The molecule has 0 atom stereocenters. The van der Waals surface area contributed by atoms with Crippen molar-refractivity contribution in [2.24, 2.45) is 0 Å². The fourth-order valence-electron chi connectivity index (χ4n) is 2.38. The van der Waals surface area contributed by atoms with E-state index >= 15 is 0 Å². The highest BCUT2D eigenvalue weighted by atomic mass is 16.5. The Bertz CT molecular complexity index is 839. The number of furan rings is 1. The molecule has 0 aliphatic carbocycles. The molecule has 7 nitrogen and oxygen atoms in total. The van der Waals surface area contributed by atoms with E-state index < -0.39 is 18.5 Å². The quantitative estimate of drug-likeness (QED) is 0.643. The summed E-state index contributed by atoms with van der Waals surface area (Å²) < 4.78 is 12.0. The molecular weight excluding hydrogens is 322 g/mol. The molecule has 2 aromatic heterocycles. The third kappa shape index (κ3) is 4.18. The van der Waals surface area contributed by atoms with Gasteiger partial charge in [0.25, 0.3) is 5.91 Å². The van der Waals surface area contributed by atoms with Gasteiger partial charge in [-0.25, -0.2) is 4.79 Å². The Hall–Kier alpha value is -3.27. The van der Waals surface area contributed by atoms with Gasteiger partial charge < -0.3 is 19.0 Å². The maximum Gasteiger partial charge on any atom is 0.330 e. The lowest BCUT2D eigenvalue weighted by Gasteiger charge is -2.12. The first-order valence-electron chi connectivity index (χ1n) is 7.69. The second-order valence-corrected chi connectivity index (χ2v) is 5.37. The Morgan fingerprint density at radius 3 is 2.80 bits per heavy atom. The van der Waals surface area contributed by atoms with E-state index in [0.717, 1.165) is 11.3 Å². The van der Waals surface area contributed by atoms with Gasteiger partial charge in [-0.2, -0.15) is 5.26 Å². The molecule has 0 aromatic carbocycles. The van der Waals surface area contributed by atoms with E-state index in [9.17, 15) is 14.9 Å². The number of amides is 1. The van der Waals surface area contributed by atoms with Crippen LogP contribution in [0.5, 0.6) is 0 Å². The number of carbonyl (C=O) groups excluding carboxylic acids is 2. The smallest absolute Gasteiger partial charge is 0.330 e. The number of aromatic nitrogens is 1. The van der Waals surface area contributed by atoms with Crippen molar-refractivity contribution in [3.63, 3.8) is 0 Å². The van der Waals surface area contributed by atoms with Crippen molar-refractivity contribution < 1.29 is 18.7 Å². The average Bonchev–Trinajstić information content (AvgIpc) is 3.17. The first-order valence-corrected chi connectivity index (χ1v) is 7.69. The zero-order chi connectivity index (χ0) is 18.4. The average molecular weight is 341 g/mol. The van der Waals surface area contributed by atoms with Crippen LogP contribution >= 0.6 is 0 Å². The van der Waals surface area contributed by atoms with Gasteiger partial charge in [-0.05, 0) is 38.5 Å². The Morgan fingerprint density at radius 1 is 1.44 bits per heavy atom. The van der Waals surface area contributed by atoms with E-state index in [-0.39, 0.29) is 0 Å². The highest BCUT2D eigenvalue weighted by Gasteiger charge is 2.20. The number of ether oxygens (including phenoxy) is 1. The van der Waals surface area contributed by atoms with Gasteiger partial charge in [0.05, 0.1) is 18.4 Å². The van der Waals surface area contributed by atoms with Gasteiger partial charge >= 0.3 is 5.97 Å². The van der Waals surface area contributed by atoms with E-state index in [4.69, 9.17) is 9.15 Å². The molecule has 1 amide bonds. The lowest BCUT2D eigenvalue weighted by atomic mass is 10.2. The molecule has 0 unspecified atom stereocenters. The second-order valence-electron chi connectivity index (χ2n) is 5.37. The number of nitriles is 1. The summed E-state index contributed by atoms with van der Waals surface area (Å²) >= 11 is 0. The molecule has 2 heterocycles. The number of hydrogen-bond donors (Lipinski definition) is 1. The number of hydrogen-bond acceptors (Lipinski definition) is 5. The first-order chi connectivity index (χ1) is 12.0. The van der Waals surface area contributed by atoms with Crippen LogP contribution in [0, 0.1) is 25.2 Å². The molecule has 0 bridgehead atoms. The van der Waals surface area contributed by atoms with Crippen LogP contribution in [-0.2, 0) is 20.9 Å². The summed E-state index contributed by atoms with van der Waals surface area (Å²) in [5, 5.41) is 12.1. The molecule has 0 aliphatic heterocycles. The number of rotatable bonds is 6. The number of anilines is 1. The highest BCUT2D eigenvalue weighted by molar-refractivity contribution is 5.94. The monoisotopic (exact) mass is 341 g/mol. The molecule has 0 fully saturated rings. The van der Waals surface area contributed by atoms with E-state index in [1.54, 1.807) is 23.8 Å². The van der Waals surface area contributed by atoms with Gasteiger partial charge in [0.1, 0.15) is 17.6 Å². The highest BCUT2D eigenvalue weighted by Crippen LogP contribution is 2.27. The first kappa shape index (κ1) is 18.1. The predicted octanol–water partition coefficient (Wildman–Crippen LogP) is 2.68. The van der Waals surface area contributed by atoms with Crippen molar-refractivity contribution >= 4 is 17.7 Å². The van der Waals surface area contributed by atoms with Gasteiger partial charge in [-0.15, -0.1) is 0 Å². The summed E-state index contributed by atoms with van der Waals surface area (Å²) in [5.74, 6) is -0.0670. The lowest BCUT2D eigenvalue weighted by molar-refractivity contribution is -0.142. The van der Waals surface area contributed by atoms with Crippen molar-refractivity contribution in [2.45, 2.75) is 27.3 Å². The van der Waals surface area contributed by atoms with E-state index in [2.05, 4.69) is 11.4 Å². The summed E-state index contributed by atoms with van der Waals surface area (Å²) in [6.45, 7) is 5.29. The third-order valence-electron chi connectivity index (χ3n) is 3.74. The zero-order valence-corrected chi connectivity index (χ0v) is 14.3. The van der Waals surface area contributed by atoms with Crippen LogP contribution in [0.25, 0.3) is 0 Å². The SMILES string of the molecule is C/C=C/C(=O)OCC(=O)Nc1c(C#N)c(C)c(C)n1Cc1ccco1. The minimum Gasteiger partial charge on any atom is -0.467 e. The molecule has 7 heteroatoms. The molecule has 0 spiro atoms. The fourth-order valence-corrected chi connectivity index (χ4v) is 2.38. The summed E-state index contributed by atoms with van der Waals surface area (Å²) in [6, 6.07) is 5.69. The number of nitrogens with zero attached hydrogens (tertiary/aromatic N) is 2. The van der Waals surface area contributed by atoms with Gasteiger partial charge in [0, 0.05) is 11.8 Å². The molecule has 130 valence electrons. The molecule has 0 saturated heterocycles. The van der Waals surface area contributed by atoms with Crippen LogP contribution in [0.3, 0.4) is 0 Å². The summed E-state index contributed by atoms with van der Waals surface area (Å²) in [6.07, 6.45) is 4.31. The van der Waals surface area contributed by atoms with E-state index in [0.29, 0.717) is 23.7 Å². The van der Waals surface area contributed by atoms with Gasteiger partial charge in [-0.3, -0.25) is 4.79 Å². The summed E-state index contributed by atoms with van der Waals surface area (Å²) in [5.41, 5.74) is 1.99. The third-order valence-corrected chi connectivity index (χ3v) is 3.74. The van der Waals surface area contributed by atoms with Gasteiger partial charge in [0.15, 0.2) is 6.61 Å². The van der Waals surface area contributed by atoms with Crippen molar-refractivity contribution in [3.8, 4) is 6.07 Å². The Labute approximate surface area is 145 Å². The Kier molecular flexibility index (Phi) is 5.79. The van der Waals surface area contributed by atoms with Crippen molar-refractivity contribution in [1.82, 2.24) is 4.57 Å². The molecule has 2 rings (SSSR count). The molecule has 0 radical (unpaired) electrons. The predicted molar refractivity (Wildman–Crippen MR) is 90.8 cm³/mol. The molecule has 25 heavy (non-hydrogen) atoms. The second kappa shape index (κ2) is 8.02. The minimum absolute atomic E-state index is 0.362. The van der Waals surface area contributed by atoms with E-state index in [1.165, 1.54) is 12.2 Å². The zero-order valence-electron chi connectivity index (χ0n) is 14.3. The van der Waals surface area contributed by atoms with Gasteiger partial charge in [0.2, 0.25) is 0 Å². The fraction of sp³-hybridized carbons (Fsp3) is 0.278. The van der Waals surface area contributed by atoms with Crippen molar-refractivity contribution in [3.05, 3.63) is 53.1 Å². The number of allylic oxidation sites excluding steroid dienone is 1. The maximum atomic E-state index is 12.1. The lowest BCUT2D eigenvalue weighted by Crippen LogP contribution is -2.22. The molecular formula is C18H19N3O4. The molecule has 0 saturated carbocycles. The number of nitrogens with one attached hydrogen (secondary N) is 1. The van der Waals surface area contributed by atoms with Crippen LogP contribution < -0.4 is 5.32 Å². The van der Waals surface area contributed by atoms with Gasteiger partial charge in [-0.1, -0.05) is 6.08 Å². The Balaban J connectivity index is 2.23. The summed E-state index contributed by atoms with van der Waals surface area (Å²) in [7, 11) is 0. The number of carbonyl (C=O) groups is 2. The normalized spacial score (nSPS) is 10.6. The van der Waals surface area contributed by atoms with Crippen LogP contribution in [-0.4, -0.2) is 23.1 Å². The molecule has 2 aromatic rings. The van der Waals surface area contributed by atoms with Crippen LogP contribution in [0.2, 0.25) is 0 Å². The summed E-state index contributed by atoms with van der Waals surface area (Å²) in [4.78, 5) is 23.4. The molecule has 1 N–H and O–H groups in total. The van der Waals surface area contributed by atoms with E-state index in [1.807, 2.05) is 19.9 Å². The van der Waals surface area contributed by atoms with Crippen molar-refractivity contribution in [2.75, 3.05) is 11.9 Å². The largest absolute Gasteiger partial charge is 0.467 e. The van der Waals surface area contributed by atoms with Crippen molar-refractivity contribution in [1.29, 1.82) is 5.26 Å². The number of esters is 1. The molecule has 0 aliphatic rings. The Morgan fingerprint density at radius 2 is 2.20 bits per heavy atom. The topological polar surface area (TPSA) is 97.3 Å². The van der Waals surface area contributed by atoms with Crippen LogP contribution in [0.4, 0.5) is 5.82 Å². The maximum absolute atomic E-state index is 12.1. The minimum atomic E-state index is -0.600. The standard InChI is InChI=1S/C18H19N3O4/c1-4-6-17(23)25-11-16(22)20-18-15(9-19)12(2)13(3)21(18)10-14-7-5-8-24-14/h4-8H,10-11H2,1-3H3,(H,20,22)/b6-4+.